The van der Waals surface area contributed by atoms with Crippen LogP contribution in [0.2, 0.25) is 5.02 Å². The van der Waals surface area contributed by atoms with Crippen LogP contribution in [0, 0.1) is 0 Å². The molecule has 0 aromatic heterocycles. The predicted octanol–water partition coefficient (Wildman–Crippen LogP) is 2.02. The molecule has 0 saturated heterocycles. The first-order valence-electron chi connectivity index (χ1n) is 6.71. The van der Waals surface area contributed by atoms with Gasteiger partial charge < -0.3 is 0 Å². The van der Waals surface area contributed by atoms with Crippen LogP contribution in [0.5, 0.6) is 0 Å². The van der Waals surface area contributed by atoms with Gasteiger partial charge in [-0.1, -0.05) is 43.1 Å². The number of benzene rings is 1. The summed E-state index contributed by atoms with van der Waals surface area (Å²) in [5.41, 5.74) is 0.469. The van der Waals surface area contributed by atoms with Gasteiger partial charge in [-0.15, -0.1) is 0 Å². The summed E-state index contributed by atoms with van der Waals surface area (Å²) >= 11 is 5.94. The first-order valence-corrected chi connectivity index (χ1v) is 8.74. The third kappa shape index (κ3) is 5.65. The summed E-state index contributed by atoms with van der Waals surface area (Å²) in [6, 6.07) is 6.21. The summed E-state index contributed by atoms with van der Waals surface area (Å²) in [5.74, 6) is -0.820. The molecule has 0 aliphatic rings. The van der Waals surface area contributed by atoms with Crippen molar-refractivity contribution in [3.05, 3.63) is 34.9 Å². The highest BCUT2D eigenvalue weighted by atomic mass is 35.5. The van der Waals surface area contributed by atoms with Crippen LogP contribution in [0.1, 0.15) is 25.3 Å². The Morgan fingerprint density at radius 2 is 1.95 bits per heavy atom. The van der Waals surface area contributed by atoms with Gasteiger partial charge in [-0.2, -0.15) is 0 Å². The van der Waals surface area contributed by atoms with Crippen LogP contribution in [-0.4, -0.2) is 39.4 Å². The summed E-state index contributed by atoms with van der Waals surface area (Å²) in [4.78, 5) is 13.8. The zero-order valence-electron chi connectivity index (χ0n) is 12.5. The van der Waals surface area contributed by atoms with Gasteiger partial charge in [-0.25, -0.2) is 8.42 Å². The van der Waals surface area contributed by atoms with Gasteiger partial charge in [0.25, 0.3) is 5.91 Å². The Morgan fingerprint density at radius 3 is 2.48 bits per heavy atom. The van der Waals surface area contributed by atoms with E-state index in [4.69, 9.17) is 11.6 Å². The number of nitrogens with one attached hydrogen (secondary N) is 1. The van der Waals surface area contributed by atoms with E-state index in [0.717, 1.165) is 6.42 Å². The van der Waals surface area contributed by atoms with Crippen molar-refractivity contribution in [2.75, 3.05) is 14.1 Å². The minimum absolute atomic E-state index is 0.315. The highest BCUT2D eigenvalue weighted by Gasteiger charge is 2.24. The molecule has 0 spiro atoms. The van der Waals surface area contributed by atoms with Crippen molar-refractivity contribution in [3.8, 4) is 0 Å². The van der Waals surface area contributed by atoms with E-state index in [9.17, 15) is 13.2 Å². The van der Waals surface area contributed by atoms with E-state index in [1.165, 1.54) is 0 Å². The van der Waals surface area contributed by atoms with Crippen molar-refractivity contribution in [1.29, 1.82) is 0 Å². The van der Waals surface area contributed by atoms with Crippen LogP contribution in [0.3, 0.4) is 0 Å². The molecule has 0 heterocycles. The van der Waals surface area contributed by atoms with E-state index < -0.39 is 22.0 Å². The summed E-state index contributed by atoms with van der Waals surface area (Å²) in [6.45, 7) is 1.95. The maximum absolute atomic E-state index is 12.1. The quantitative estimate of drug-likeness (QED) is 0.829. The van der Waals surface area contributed by atoms with E-state index in [0.29, 0.717) is 17.0 Å². The predicted molar refractivity (Wildman–Crippen MR) is 84.6 cm³/mol. The number of amides is 1. The summed E-state index contributed by atoms with van der Waals surface area (Å²) in [7, 11) is -0.263. The minimum atomic E-state index is -3.76. The second-order valence-corrected chi connectivity index (χ2v) is 7.21. The molecule has 0 radical (unpaired) electrons. The Bertz CT molecular complexity index is 588. The van der Waals surface area contributed by atoms with Crippen LogP contribution in [0.25, 0.3) is 0 Å². The van der Waals surface area contributed by atoms with Gasteiger partial charge in [-0.3, -0.25) is 14.4 Å². The van der Waals surface area contributed by atoms with Gasteiger partial charge in [0.05, 0.1) is 11.8 Å². The van der Waals surface area contributed by atoms with Gasteiger partial charge in [0, 0.05) is 5.02 Å². The Labute approximate surface area is 131 Å². The molecule has 1 aromatic carbocycles. The van der Waals surface area contributed by atoms with E-state index in [2.05, 4.69) is 4.72 Å². The minimum Gasteiger partial charge on any atom is -0.298 e. The number of likely N-dealkylation sites (N-methyl/N-ethyl adjacent to an activating group) is 1. The van der Waals surface area contributed by atoms with E-state index in [1.807, 2.05) is 6.92 Å². The van der Waals surface area contributed by atoms with Gasteiger partial charge >= 0.3 is 0 Å². The van der Waals surface area contributed by atoms with Crippen molar-refractivity contribution >= 4 is 27.5 Å². The number of hydrogen-bond acceptors (Lipinski definition) is 4. The van der Waals surface area contributed by atoms with E-state index >= 15 is 0 Å². The Hall–Kier alpha value is -1.11. The van der Waals surface area contributed by atoms with Crippen LogP contribution < -0.4 is 4.72 Å². The fraction of sp³-hybridized carbons (Fsp3) is 0.500. The molecule has 1 N–H and O–H groups in total. The van der Waals surface area contributed by atoms with Crippen molar-refractivity contribution in [2.24, 2.45) is 0 Å². The topological polar surface area (TPSA) is 66.5 Å². The number of nitrogens with zero attached hydrogens (tertiary/aromatic N) is 1. The van der Waals surface area contributed by atoms with Gasteiger partial charge in [0.15, 0.2) is 0 Å². The van der Waals surface area contributed by atoms with Crippen molar-refractivity contribution in [1.82, 2.24) is 9.62 Å². The zero-order valence-corrected chi connectivity index (χ0v) is 14.0. The first-order chi connectivity index (χ1) is 9.76. The largest absolute Gasteiger partial charge is 0.298 e. The lowest BCUT2D eigenvalue weighted by molar-refractivity contribution is -0.123. The number of halogens is 1. The van der Waals surface area contributed by atoms with Crippen molar-refractivity contribution < 1.29 is 13.2 Å². The lowest BCUT2D eigenvalue weighted by Crippen LogP contribution is -2.45. The normalized spacial score (nSPS) is 13.2. The molecule has 0 aliphatic heterocycles. The van der Waals surface area contributed by atoms with Gasteiger partial charge in [0.1, 0.15) is 0 Å². The Balaban J connectivity index is 2.80. The number of sulfonamides is 1. The molecule has 1 amide bonds. The van der Waals surface area contributed by atoms with E-state index in [1.54, 1.807) is 43.3 Å². The lowest BCUT2D eigenvalue weighted by atomic mass is 10.1. The molecule has 1 aromatic rings. The monoisotopic (exact) mass is 332 g/mol. The third-order valence-corrected chi connectivity index (χ3v) is 4.62. The molecule has 0 aliphatic carbocycles. The molecule has 21 heavy (non-hydrogen) atoms. The second kappa shape index (κ2) is 7.77. The molecule has 118 valence electrons. The molecule has 0 bridgehead atoms. The molecule has 7 heteroatoms. The lowest BCUT2D eigenvalue weighted by Gasteiger charge is -2.22. The summed E-state index contributed by atoms with van der Waals surface area (Å²) in [6.07, 6.45) is 1.39. The van der Waals surface area contributed by atoms with Gasteiger partial charge in [-0.05, 0) is 32.1 Å². The molecule has 0 fully saturated rings. The number of hydrogen-bond donors (Lipinski definition) is 1. The molecular formula is C14H21ClN2O3S. The molecule has 5 nitrogen and oxygen atoms in total. The number of carbonyl (C=O) groups excluding carboxylic acids is 1. The van der Waals surface area contributed by atoms with Crippen LogP contribution >= 0.6 is 11.6 Å². The molecular weight excluding hydrogens is 312 g/mol. The fourth-order valence-corrected chi connectivity index (χ4v) is 3.43. The first kappa shape index (κ1) is 17.9. The van der Waals surface area contributed by atoms with Crippen molar-refractivity contribution in [2.45, 2.75) is 31.6 Å². The number of rotatable bonds is 7. The molecule has 1 atom stereocenters. The van der Waals surface area contributed by atoms with Gasteiger partial charge in [0.2, 0.25) is 10.0 Å². The maximum Gasteiger partial charge on any atom is 0.250 e. The SMILES string of the molecule is CCC[C@H](C(=O)NS(=O)(=O)Cc1ccccc1Cl)N(C)C. The average molecular weight is 333 g/mol. The average Bonchev–Trinajstić information content (AvgIpc) is 2.37. The zero-order chi connectivity index (χ0) is 16.0. The summed E-state index contributed by atoms with van der Waals surface area (Å²) in [5, 5.41) is 0.369. The Morgan fingerprint density at radius 1 is 1.33 bits per heavy atom. The van der Waals surface area contributed by atoms with Crippen molar-refractivity contribution in [3.63, 3.8) is 0 Å². The molecule has 1 rings (SSSR count). The highest BCUT2D eigenvalue weighted by molar-refractivity contribution is 7.89. The molecule has 0 unspecified atom stereocenters. The van der Waals surface area contributed by atoms with Crippen LogP contribution in [-0.2, 0) is 20.6 Å². The van der Waals surface area contributed by atoms with Crippen LogP contribution in [0.15, 0.2) is 24.3 Å². The third-order valence-electron chi connectivity index (χ3n) is 3.05. The molecule has 0 saturated carbocycles. The Kier molecular flexibility index (Phi) is 6.64. The van der Waals surface area contributed by atoms with Crippen LogP contribution in [0.4, 0.5) is 0 Å². The maximum atomic E-state index is 12.1. The number of carbonyl (C=O) groups is 1. The van der Waals surface area contributed by atoms with E-state index in [-0.39, 0.29) is 5.75 Å². The highest BCUT2D eigenvalue weighted by Crippen LogP contribution is 2.17. The fourth-order valence-electron chi connectivity index (χ4n) is 1.97. The smallest absolute Gasteiger partial charge is 0.250 e. The second-order valence-electron chi connectivity index (χ2n) is 5.08. The summed E-state index contributed by atoms with van der Waals surface area (Å²) < 4.78 is 26.3. The standard InChI is InChI=1S/C14H21ClN2O3S/c1-4-7-13(17(2)3)14(18)16-21(19,20)10-11-8-5-6-9-12(11)15/h5-6,8-9,13H,4,7,10H2,1-3H3,(H,16,18)/t13-/m1/s1.